The molecule has 0 amide bonds. The van der Waals surface area contributed by atoms with Gasteiger partial charge in [-0.15, -0.1) is 0 Å². The van der Waals surface area contributed by atoms with Crippen LogP contribution in [0.3, 0.4) is 0 Å². The summed E-state index contributed by atoms with van der Waals surface area (Å²) in [6, 6.07) is 0. The van der Waals surface area contributed by atoms with Crippen LogP contribution in [0.25, 0.3) is 0 Å². The molecule has 1 aromatic heterocycles. The molecule has 5 nitrogen and oxygen atoms in total. The molecule has 2 heterocycles. The van der Waals surface area contributed by atoms with Crippen molar-refractivity contribution in [3.8, 4) is 0 Å². The molecule has 1 N–H and O–H groups in total. The van der Waals surface area contributed by atoms with E-state index >= 15 is 0 Å². The highest BCUT2D eigenvalue weighted by Gasteiger charge is 2.26. The van der Waals surface area contributed by atoms with Gasteiger partial charge in [-0.25, -0.2) is 17.7 Å². The second-order valence-corrected chi connectivity index (χ2v) is 5.89. The molecule has 0 saturated carbocycles. The number of H-pyrrole nitrogens is 1. The summed E-state index contributed by atoms with van der Waals surface area (Å²) in [7, 11) is -3.02. The van der Waals surface area contributed by atoms with E-state index in [2.05, 4.69) is 9.97 Å². The first-order chi connectivity index (χ1) is 7.07. The third-order valence-electron chi connectivity index (χ3n) is 2.83. The molecule has 0 aliphatic carbocycles. The van der Waals surface area contributed by atoms with E-state index in [1.807, 2.05) is 0 Å². The van der Waals surface area contributed by atoms with E-state index in [1.54, 1.807) is 12.4 Å². The Labute approximate surface area is 89.6 Å². The Morgan fingerprint density at radius 2 is 2.13 bits per heavy atom. The Balaban J connectivity index is 1.99. The number of nitrogens with zero attached hydrogens (tertiary/aromatic N) is 2. The normalized spacial score (nSPS) is 20.6. The third-order valence-corrected chi connectivity index (χ3v) is 4.13. The number of rotatable bonds is 2. The van der Waals surface area contributed by atoms with Gasteiger partial charge in [-0.3, -0.25) is 0 Å². The molecular formula is C9H15N3O2S. The van der Waals surface area contributed by atoms with E-state index in [1.165, 1.54) is 10.6 Å². The number of sulfonamides is 1. The fourth-order valence-corrected chi connectivity index (χ4v) is 2.84. The van der Waals surface area contributed by atoms with Crippen molar-refractivity contribution < 1.29 is 8.42 Å². The SMILES string of the molecule is CS(=O)(=O)N1CCC(c2ncc[nH]2)CC1. The molecule has 84 valence electrons. The molecular weight excluding hydrogens is 214 g/mol. The maximum absolute atomic E-state index is 11.3. The lowest BCUT2D eigenvalue weighted by Crippen LogP contribution is -2.37. The smallest absolute Gasteiger partial charge is 0.211 e. The number of nitrogens with one attached hydrogen (secondary N) is 1. The van der Waals surface area contributed by atoms with Crippen molar-refractivity contribution >= 4 is 10.0 Å². The van der Waals surface area contributed by atoms with E-state index in [0.29, 0.717) is 19.0 Å². The molecule has 0 aromatic carbocycles. The standard InChI is InChI=1S/C9H15N3O2S/c1-15(13,14)12-6-2-8(3-7-12)9-10-4-5-11-9/h4-5,8H,2-3,6-7H2,1H3,(H,10,11). The lowest BCUT2D eigenvalue weighted by atomic mass is 9.98. The van der Waals surface area contributed by atoms with Crippen molar-refractivity contribution in [2.45, 2.75) is 18.8 Å². The predicted molar refractivity (Wildman–Crippen MR) is 57.0 cm³/mol. The van der Waals surface area contributed by atoms with E-state index in [0.717, 1.165) is 18.7 Å². The van der Waals surface area contributed by atoms with E-state index in [4.69, 9.17) is 0 Å². The Morgan fingerprint density at radius 1 is 1.47 bits per heavy atom. The molecule has 1 fully saturated rings. The molecule has 0 spiro atoms. The number of imidazole rings is 1. The molecule has 2 rings (SSSR count). The zero-order valence-electron chi connectivity index (χ0n) is 8.68. The summed E-state index contributed by atoms with van der Waals surface area (Å²) in [5, 5.41) is 0. The third kappa shape index (κ3) is 2.38. The lowest BCUT2D eigenvalue weighted by molar-refractivity contribution is 0.316. The molecule has 0 bridgehead atoms. The van der Waals surface area contributed by atoms with E-state index in [-0.39, 0.29) is 0 Å². The van der Waals surface area contributed by atoms with Crippen molar-refractivity contribution in [3.05, 3.63) is 18.2 Å². The Morgan fingerprint density at radius 3 is 2.60 bits per heavy atom. The van der Waals surface area contributed by atoms with Crippen molar-refractivity contribution in [1.29, 1.82) is 0 Å². The van der Waals surface area contributed by atoms with Gasteiger partial charge in [0.15, 0.2) is 0 Å². The summed E-state index contributed by atoms with van der Waals surface area (Å²) in [5.41, 5.74) is 0. The number of hydrogen-bond donors (Lipinski definition) is 1. The maximum Gasteiger partial charge on any atom is 0.211 e. The first-order valence-corrected chi connectivity index (χ1v) is 6.86. The van der Waals surface area contributed by atoms with Crippen LogP contribution < -0.4 is 0 Å². The van der Waals surface area contributed by atoms with Crippen LogP contribution in [0, 0.1) is 0 Å². The van der Waals surface area contributed by atoms with Gasteiger partial charge in [0.05, 0.1) is 6.26 Å². The molecule has 0 unspecified atom stereocenters. The Hall–Kier alpha value is -0.880. The fraction of sp³-hybridized carbons (Fsp3) is 0.667. The highest BCUT2D eigenvalue weighted by atomic mass is 32.2. The first kappa shape index (κ1) is 10.6. The van der Waals surface area contributed by atoms with Crippen LogP contribution >= 0.6 is 0 Å². The molecule has 0 radical (unpaired) electrons. The van der Waals surface area contributed by atoms with Crippen molar-refractivity contribution in [2.75, 3.05) is 19.3 Å². The summed E-state index contributed by atoms with van der Waals surface area (Å²) < 4.78 is 24.1. The highest BCUT2D eigenvalue weighted by Crippen LogP contribution is 2.26. The summed E-state index contributed by atoms with van der Waals surface area (Å²) in [6.45, 7) is 1.20. The van der Waals surface area contributed by atoms with Gasteiger partial charge < -0.3 is 4.98 Å². The van der Waals surface area contributed by atoms with Crippen LogP contribution in [0.1, 0.15) is 24.6 Å². The zero-order chi connectivity index (χ0) is 10.9. The minimum atomic E-state index is -3.02. The molecule has 15 heavy (non-hydrogen) atoms. The van der Waals surface area contributed by atoms with Crippen LogP contribution in [0.5, 0.6) is 0 Å². The van der Waals surface area contributed by atoms with Crippen LogP contribution in [-0.2, 0) is 10.0 Å². The fourth-order valence-electron chi connectivity index (χ4n) is 1.96. The number of aromatic amines is 1. The quantitative estimate of drug-likeness (QED) is 0.805. The number of piperidine rings is 1. The monoisotopic (exact) mass is 229 g/mol. The summed E-state index contributed by atoms with van der Waals surface area (Å²) in [5.74, 6) is 1.35. The van der Waals surface area contributed by atoms with Gasteiger partial charge in [-0.1, -0.05) is 0 Å². The molecule has 1 aromatic rings. The van der Waals surface area contributed by atoms with Gasteiger partial charge in [0.2, 0.25) is 10.0 Å². The van der Waals surface area contributed by atoms with Gasteiger partial charge >= 0.3 is 0 Å². The molecule has 1 saturated heterocycles. The van der Waals surface area contributed by atoms with Crippen molar-refractivity contribution in [2.24, 2.45) is 0 Å². The minimum Gasteiger partial charge on any atom is -0.348 e. The van der Waals surface area contributed by atoms with E-state index < -0.39 is 10.0 Å². The molecule has 0 atom stereocenters. The average Bonchev–Trinajstić information content (AvgIpc) is 2.69. The second kappa shape index (κ2) is 3.94. The van der Waals surface area contributed by atoms with Crippen LogP contribution in [0.2, 0.25) is 0 Å². The van der Waals surface area contributed by atoms with Gasteiger partial charge in [0.25, 0.3) is 0 Å². The lowest BCUT2D eigenvalue weighted by Gasteiger charge is -2.29. The van der Waals surface area contributed by atoms with Gasteiger partial charge in [0.1, 0.15) is 5.82 Å². The van der Waals surface area contributed by atoms with Gasteiger partial charge in [-0.2, -0.15) is 0 Å². The van der Waals surface area contributed by atoms with Crippen LogP contribution in [0.15, 0.2) is 12.4 Å². The van der Waals surface area contributed by atoms with Gasteiger partial charge in [-0.05, 0) is 12.8 Å². The topological polar surface area (TPSA) is 66.1 Å². The van der Waals surface area contributed by atoms with Crippen molar-refractivity contribution in [1.82, 2.24) is 14.3 Å². The minimum absolute atomic E-state index is 0.373. The Bertz CT molecular complexity index is 405. The molecule has 1 aliphatic heterocycles. The summed E-state index contributed by atoms with van der Waals surface area (Å²) in [6.07, 6.45) is 6.50. The first-order valence-electron chi connectivity index (χ1n) is 5.02. The second-order valence-electron chi connectivity index (χ2n) is 3.91. The van der Waals surface area contributed by atoms with Crippen molar-refractivity contribution in [3.63, 3.8) is 0 Å². The largest absolute Gasteiger partial charge is 0.348 e. The Kier molecular flexibility index (Phi) is 2.79. The predicted octanol–water partition coefficient (Wildman–Crippen LogP) is 0.549. The van der Waals surface area contributed by atoms with Crippen LogP contribution in [-0.4, -0.2) is 42.0 Å². The number of hydrogen-bond acceptors (Lipinski definition) is 3. The molecule has 1 aliphatic rings. The maximum atomic E-state index is 11.3. The summed E-state index contributed by atoms with van der Waals surface area (Å²) in [4.78, 5) is 7.28. The summed E-state index contributed by atoms with van der Waals surface area (Å²) >= 11 is 0. The zero-order valence-corrected chi connectivity index (χ0v) is 9.50. The van der Waals surface area contributed by atoms with Gasteiger partial charge in [0, 0.05) is 31.4 Å². The highest BCUT2D eigenvalue weighted by molar-refractivity contribution is 7.88. The molecule has 6 heteroatoms. The number of aromatic nitrogens is 2. The average molecular weight is 229 g/mol. The van der Waals surface area contributed by atoms with Crippen LogP contribution in [0.4, 0.5) is 0 Å². The van der Waals surface area contributed by atoms with E-state index in [9.17, 15) is 8.42 Å².